The molecule has 0 saturated carbocycles. The Labute approximate surface area is 123 Å². The molecule has 0 bridgehead atoms. The number of hydrogen-bond acceptors (Lipinski definition) is 3. The van der Waals surface area contributed by atoms with Gasteiger partial charge >= 0.3 is 12.0 Å². The zero-order valence-electron chi connectivity index (χ0n) is 12.7. The Morgan fingerprint density at radius 2 is 2.19 bits per heavy atom. The third-order valence-electron chi connectivity index (χ3n) is 4.35. The number of likely N-dealkylation sites (tertiary alicyclic amines) is 1. The monoisotopic (exact) mass is 294 g/mol. The number of carboxylic acid groups (broad SMARTS) is 1. The Kier molecular flexibility index (Phi) is 4.20. The number of amides is 2. The van der Waals surface area contributed by atoms with Gasteiger partial charge in [-0.3, -0.25) is 9.89 Å². The smallest absolute Gasteiger partial charge is 0.321 e. The molecule has 1 unspecified atom stereocenters. The van der Waals surface area contributed by atoms with E-state index in [9.17, 15) is 14.7 Å². The number of aromatic nitrogens is 2. The highest BCUT2D eigenvalue weighted by atomic mass is 16.4. The van der Waals surface area contributed by atoms with Crippen molar-refractivity contribution >= 4 is 17.7 Å². The lowest BCUT2D eigenvalue weighted by molar-refractivity contribution is -0.152. The topological polar surface area (TPSA) is 98.3 Å². The van der Waals surface area contributed by atoms with Crippen molar-refractivity contribution in [2.24, 2.45) is 5.41 Å². The maximum atomic E-state index is 12.4. The number of piperidine rings is 1. The molecule has 1 saturated heterocycles. The Balaban J connectivity index is 2.11. The van der Waals surface area contributed by atoms with Crippen LogP contribution in [0.1, 0.15) is 37.6 Å². The molecule has 7 heteroatoms. The summed E-state index contributed by atoms with van der Waals surface area (Å²) in [6.45, 7) is 6.33. The molecule has 0 aromatic carbocycles. The second kappa shape index (κ2) is 5.75. The third kappa shape index (κ3) is 2.86. The molecule has 0 radical (unpaired) electrons. The molecule has 2 rings (SSSR count). The molecule has 1 aromatic heterocycles. The summed E-state index contributed by atoms with van der Waals surface area (Å²) in [5.74, 6) is -0.821. The first-order chi connectivity index (χ1) is 9.89. The number of urea groups is 1. The van der Waals surface area contributed by atoms with Crippen molar-refractivity contribution in [1.29, 1.82) is 0 Å². The Bertz CT molecular complexity index is 535. The normalized spacial score (nSPS) is 22.1. The number of H-pyrrole nitrogens is 1. The minimum Gasteiger partial charge on any atom is -0.481 e. The molecule has 116 valence electrons. The van der Waals surface area contributed by atoms with Gasteiger partial charge in [0.2, 0.25) is 0 Å². The number of nitrogens with zero attached hydrogens (tertiary/aromatic N) is 2. The average Bonchev–Trinajstić information content (AvgIpc) is 2.78. The summed E-state index contributed by atoms with van der Waals surface area (Å²) in [5.41, 5.74) is 1.36. The van der Waals surface area contributed by atoms with E-state index < -0.39 is 11.4 Å². The lowest BCUT2D eigenvalue weighted by atomic mass is 9.78. The van der Waals surface area contributed by atoms with Crippen molar-refractivity contribution in [2.45, 2.75) is 40.0 Å². The van der Waals surface area contributed by atoms with Gasteiger partial charge in [-0.05, 0) is 33.1 Å². The van der Waals surface area contributed by atoms with Crippen LogP contribution in [0.3, 0.4) is 0 Å². The largest absolute Gasteiger partial charge is 0.481 e. The number of hydrogen-bond donors (Lipinski definition) is 3. The van der Waals surface area contributed by atoms with Gasteiger partial charge in [-0.1, -0.05) is 6.92 Å². The molecular weight excluding hydrogens is 272 g/mol. The molecule has 1 aliphatic rings. The predicted octanol–water partition coefficient (Wildman–Crippen LogP) is 2.14. The lowest BCUT2D eigenvalue weighted by Crippen LogP contribution is -2.50. The molecule has 7 nitrogen and oxygen atoms in total. The van der Waals surface area contributed by atoms with E-state index in [0.717, 1.165) is 11.4 Å². The van der Waals surface area contributed by atoms with Gasteiger partial charge in [0.05, 0.1) is 22.5 Å². The van der Waals surface area contributed by atoms with Gasteiger partial charge in [-0.2, -0.15) is 5.10 Å². The van der Waals surface area contributed by atoms with Crippen molar-refractivity contribution in [3.8, 4) is 0 Å². The minimum absolute atomic E-state index is 0.251. The summed E-state index contributed by atoms with van der Waals surface area (Å²) in [6, 6.07) is -0.263. The first-order valence-corrected chi connectivity index (χ1v) is 7.20. The number of rotatable bonds is 3. The van der Waals surface area contributed by atoms with E-state index in [2.05, 4.69) is 15.5 Å². The van der Waals surface area contributed by atoms with Crippen LogP contribution in [-0.4, -0.2) is 45.3 Å². The summed E-state index contributed by atoms with van der Waals surface area (Å²) in [5, 5.41) is 19.1. The fraction of sp³-hybridized carbons (Fsp3) is 0.643. The van der Waals surface area contributed by atoms with Gasteiger partial charge in [0.15, 0.2) is 0 Å². The lowest BCUT2D eigenvalue weighted by Gasteiger charge is -2.39. The number of carboxylic acids is 1. The van der Waals surface area contributed by atoms with Crippen LogP contribution in [0.4, 0.5) is 10.5 Å². The van der Waals surface area contributed by atoms with Crippen molar-refractivity contribution in [3.05, 3.63) is 11.4 Å². The molecule has 21 heavy (non-hydrogen) atoms. The summed E-state index contributed by atoms with van der Waals surface area (Å²) in [6.07, 6.45) is 1.85. The SMILES string of the molecule is CCC1(C(=O)O)CCCN(C(=O)Nc2c(C)n[nH]c2C)C1. The second-order valence-electron chi connectivity index (χ2n) is 5.70. The van der Waals surface area contributed by atoms with Gasteiger partial charge in [-0.15, -0.1) is 0 Å². The molecule has 1 aromatic rings. The van der Waals surface area contributed by atoms with E-state index in [1.54, 1.807) is 4.90 Å². The van der Waals surface area contributed by atoms with Gasteiger partial charge in [0, 0.05) is 13.1 Å². The van der Waals surface area contributed by atoms with Gasteiger partial charge in [-0.25, -0.2) is 4.79 Å². The van der Waals surface area contributed by atoms with Crippen molar-refractivity contribution in [3.63, 3.8) is 0 Å². The quantitative estimate of drug-likeness (QED) is 0.795. The van der Waals surface area contributed by atoms with E-state index in [0.29, 0.717) is 31.5 Å². The van der Waals surface area contributed by atoms with Crippen LogP contribution in [0.2, 0.25) is 0 Å². The second-order valence-corrected chi connectivity index (χ2v) is 5.70. The fourth-order valence-electron chi connectivity index (χ4n) is 2.84. The zero-order chi connectivity index (χ0) is 15.6. The van der Waals surface area contributed by atoms with Gasteiger partial charge < -0.3 is 15.3 Å². The highest BCUT2D eigenvalue weighted by Crippen LogP contribution is 2.34. The molecular formula is C14H22N4O3. The fourth-order valence-corrected chi connectivity index (χ4v) is 2.84. The minimum atomic E-state index is -0.823. The highest BCUT2D eigenvalue weighted by molar-refractivity contribution is 5.91. The predicted molar refractivity (Wildman–Crippen MR) is 78.2 cm³/mol. The standard InChI is InChI=1S/C14H22N4O3/c1-4-14(12(19)20)6-5-7-18(8-14)13(21)15-11-9(2)16-17-10(11)3/h4-8H2,1-3H3,(H,15,21)(H,16,17)(H,19,20). The first-order valence-electron chi connectivity index (χ1n) is 7.20. The number of anilines is 1. The maximum absolute atomic E-state index is 12.4. The number of aliphatic carboxylic acids is 1. The maximum Gasteiger partial charge on any atom is 0.321 e. The number of carbonyl (C=O) groups is 2. The Morgan fingerprint density at radius 3 is 2.71 bits per heavy atom. The Morgan fingerprint density at radius 1 is 1.48 bits per heavy atom. The molecule has 1 atom stereocenters. The van der Waals surface area contributed by atoms with E-state index >= 15 is 0 Å². The summed E-state index contributed by atoms with van der Waals surface area (Å²) in [7, 11) is 0. The first kappa shape index (κ1) is 15.3. The molecule has 2 heterocycles. The number of carbonyl (C=O) groups excluding carboxylic acids is 1. The van der Waals surface area contributed by atoms with Crippen LogP contribution in [-0.2, 0) is 4.79 Å². The molecule has 1 aliphatic heterocycles. The molecule has 1 fully saturated rings. The summed E-state index contributed by atoms with van der Waals surface area (Å²) >= 11 is 0. The van der Waals surface area contributed by atoms with Crippen molar-refractivity contribution in [2.75, 3.05) is 18.4 Å². The van der Waals surface area contributed by atoms with Crippen molar-refractivity contribution < 1.29 is 14.7 Å². The van der Waals surface area contributed by atoms with Crippen LogP contribution >= 0.6 is 0 Å². The van der Waals surface area contributed by atoms with E-state index in [1.165, 1.54) is 0 Å². The van der Waals surface area contributed by atoms with Gasteiger partial charge in [0.1, 0.15) is 0 Å². The zero-order valence-corrected chi connectivity index (χ0v) is 12.7. The molecule has 0 aliphatic carbocycles. The molecule has 0 spiro atoms. The summed E-state index contributed by atoms with van der Waals surface area (Å²) < 4.78 is 0. The Hall–Kier alpha value is -2.05. The number of nitrogens with one attached hydrogen (secondary N) is 2. The highest BCUT2D eigenvalue weighted by Gasteiger charge is 2.42. The third-order valence-corrected chi connectivity index (χ3v) is 4.35. The van der Waals surface area contributed by atoms with Gasteiger partial charge in [0.25, 0.3) is 0 Å². The van der Waals surface area contributed by atoms with E-state index in [-0.39, 0.29) is 12.6 Å². The molecule has 3 N–H and O–H groups in total. The van der Waals surface area contributed by atoms with Crippen LogP contribution in [0.25, 0.3) is 0 Å². The van der Waals surface area contributed by atoms with Crippen LogP contribution in [0, 0.1) is 19.3 Å². The number of aromatic amines is 1. The number of aryl methyl sites for hydroxylation is 2. The average molecular weight is 294 g/mol. The van der Waals surface area contributed by atoms with Crippen LogP contribution < -0.4 is 5.32 Å². The van der Waals surface area contributed by atoms with Crippen LogP contribution in [0.15, 0.2) is 0 Å². The van der Waals surface area contributed by atoms with Crippen LogP contribution in [0.5, 0.6) is 0 Å². The van der Waals surface area contributed by atoms with E-state index in [1.807, 2.05) is 20.8 Å². The molecule has 2 amide bonds. The van der Waals surface area contributed by atoms with E-state index in [4.69, 9.17) is 0 Å². The summed E-state index contributed by atoms with van der Waals surface area (Å²) in [4.78, 5) is 25.5. The van der Waals surface area contributed by atoms with Crippen molar-refractivity contribution in [1.82, 2.24) is 15.1 Å².